The van der Waals surface area contributed by atoms with E-state index in [9.17, 15) is 4.79 Å². The molecule has 0 aliphatic carbocycles. The first-order valence-electron chi connectivity index (χ1n) is 7.30. The third kappa shape index (κ3) is 5.67. The Morgan fingerprint density at radius 3 is 2.43 bits per heavy atom. The maximum atomic E-state index is 12.4. The first-order chi connectivity index (χ1) is 10.1. The second-order valence-corrected chi connectivity index (χ2v) is 5.74. The molecule has 1 amide bonds. The van der Waals surface area contributed by atoms with E-state index in [0.29, 0.717) is 19.6 Å². The molecule has 1 atom stereocenters. The highest BCUT2D eigenvalue weighted by atomic mass is 79.9. The second-order valence-electron chi connectivity index (χ2n) is 4.95. The lowest BCUT2D eigenvalue weighted by molar-refractivity contribution is -0.139. The number of rotatable bonds is 9. The third-order valence-electron chi connectivity index (χ3n) is 3.24. The van der Waals surface area contributed by atoms with Gasteiger partial charge in [-0.1, -0.05) is 29.8 Å². The quantitative estimate of drug-likeness (QED) is 0.679. The van der Waals surface area contributed by atoms with Gasteiger partial charge in [-0.25, -0.2) is 0 Å². The van der Waals surface area contributed by atoms with Crippen LogP contribution in [0.25, 0.3) is 0 Å². The van der Waals surface area contributed by atoms with E-state index in [1.165, 1.54) is 0 Å². The number of carbonyl (C=O) groups is 1. The Morgan fingerprint density at radius 1 is 1.24 bits per heavy atom. The monoisotopic (exact) mass is 357 g/mol. The average Bonchev–Trinajstić information content (AvgIpc) is 2.51. The van der Waals surface area contributed by atoms with Gasteiger partial charge in [0, 0.05) is 17.6 Å². The number of amides is 1. The molecule has 0 aromatic heterocycles. The minimum Gasteiger partial charge on any atom is -0.493 e. The maximum absolute atomic E-state index is 12.4. The lowest BCUT2D eigenvalue weighted by Crippen LogP contribution is -2.42. The normalized spacial score (nSPS) is 13.5. The molecule has 0 spiro atoms. The molecule has 21 heavy (non-hydrogen) atoms. The summed E-state index contributed by atoms with van der Waals surface area (Å²) < 4.78 is 11.2. The van der Waals surface area contributed by atoms with Crippen molar-refractivity contribution in [3.05, 3.63) is 24.3 Å². The van der Waals surface area contributed by atoms with Crippen molar-refractivity contribution >= 4 is 27.5 Å². The van der Waals surface area contributed by atoms with E-state index in [2.05, 4.69) is 21.2 Å². The Bertz CT molecular complexity index is 436. The van der Waals surface area contributed by atoms with E-state index in [1.807, 2.05) is 45.0 Å². The number of nitrogens with one attached hydrogen (secondary N) is 1. The predicted molar refractivity (Wildman–Crippen MR) is 89.3 cm³/mol. The average molecular weight is 358 g/mol. The van der Waals surface area contributed by atoms with E-state index in [4.69, 9.17) is 9.47 Å². The molecule has 1 N–H and O–H groups in total. The maximum Gasteiger partial charge on any atom is 0.256 e. The van der Waals surface area contributed by atoms with Crippen molar-refractivity contribution in [3.63, 3.8) is 0 Å². The van der Waals surface area contributed by atoms with Crippen LogP contribution < -0.4 is 10.1 Å². The smallest absolute Gasteiger partial charge is 0.256 e. The summed E-state index contributed by atoms with van der Waals surface area (Å²) in [6, 6.07) is 7.34. The Kier molecular flexibility index (Phi) is 7.75. The van der Waals surface area contributed by atoms with Crippen molar-refractivity contribution in [1.82, 2.24) is 0 Å². The van der Waals surface area contributed by atoms with E-state index in [-0.39, 0.29) is 5.91 Å². The molecule has 0 fully saturated rings. The zero-order valence-corrected chi connectivity index (χ0v) is 14.5. The Hall–Kier alpha value is -1.07. The van der Waals surface area contributed by atoms with Crippen LogP contribution in [-0.2, 0) is 9.53 Å². The van der Waals surface area contributed by atoms with Crippen molar-refractivity contribution < 1.29 is 14.3 Å². The summed E-state index contributed by atoms with van der Waals surface area (Å²) in [4.78, 5) is 12.4. The van der Waals surface area contributed by atoms with Gasteiger partial charge in [-0.05, 0) is 44.0 Å². The summed E-state index contributed by atoms with van der Waals surface area (Å²) in [5, 5.41) is 3.68. The number of carbonyl (C=O) groups excluding carboxylic acids is 1. The first kappa shape index (κ1) is 18.0. The molecular weight excluding hydrogens is 334 g/mol. The largest absolute Gasteiger partial charge is 0.493 e. The highest BCUT2D eigenvalue weighted by Crippen LogP contribution is 2.21. The topological polar surface area (TPSA) is 47.6 Å². The van der Waals surface area contributed by atoms with Gasteiger partial charge in [0.25, 0.3) is 5.91 Å². The lowest BCUT2D eigenvalue weighted by atomic mass is 10.0. The van der Waals surface area contributed by atoms with Gasteiger partial charge in [0.1, 0.15) is 11.4 Å². The van der Waals surface area contributed by atoms with Gasteiger partial charge >= 0.3 is 0 Å². The van der Waals surface area contributed by atoms with Crippen LogP contribution in [0, 0.1) is 0 Å². The first-order valence-corrected chi connectivity index (χ1v) is 8.42. The Labute approximate surface area is 135 Å². The molecule has 118 valence electrons. The molecule has 0 saturated carbocycles. The molecule has 5 heteroatoms. The summed E-state index contributed by atoms with van der Waals surface area (Å²) in [5.41, 5.74) is -0.0489. The Balaban J connectivity index is 2.64. The molecule has 0 aliphatic heterocycles. The molecule has 0 aliphatic rings. The van der Waals surface area contributed by atoms with E-state index in [1.54, 1.807) is 0 Å². The van der Waals surface area contributed by atoms with Gasteiger partial charge in [-0.15, -0.1) is 0 Å². The molecule has 0 bridgehead atoms. The van der Waals surface area contributed by atoms with Crippen LogP contribution in [0.5, 0.6) is 5.75 Å². The van der Waals surface area contributed by atoms with Crippen molar-refractivity contribution in [1.29, 1.82) is 0 Å². The van der Waals surface area contributed by atoms with Gasteiger partial charge in [0.05, 0.1) is 6.61 Å². The molecule has 1 aromatic carbocycles. The van der Waals surface area contributed by atoms with E-state index >= 15 is 0 Å². The van der Waals surface area contributed by atoms with Crippen LogP contribution in [0.2, 0.25) is 0 Å². The third-order valence-corrected chi connectivity index (χ3v) is 3.56. The van der Waals surface area contributed by atoms with Crippen LogP contribution in [-0.4, -0.2) is 30.1 Å². The molecule has 0 saturated heterocycles. The number of hydrogen-bond donors (Lipinski definition) is 1. The highest BCUT2D eigenvalue weighted by Gasteiger charge is 2.32. The zero-order valence-electron chi connectivity index (χ0n) is 12.9. The summed E-state index contributed by atoms with van der Waals surface area (Å²) in [6.45, 7) is 7.00. The number of halogens is 1. The van der Waals surface area contributed by atoms with Gasteiger partial charge in [-0.2, -0.15) is 0 Å². The lowest BCUT2D eigenvalue weighted by Gasteiger charge is -2.27. The highest BCUT2D eigenvalue weighted by molar-refractivity contribution is 9.09. The van der Waals surface area contributed by atoms with Crippen molar-refractivity contribution in [2.75, 3.05) is 23.9 Å². The molecule has 1 aromatic rings. The molecule has 1 rings (SSSR count). The fraction of sp³-hybridized carbons (Fsp3) is 0.562. The fourth-order valence-corrected chi connectivity index (χ4v) is 1.87. The number of ether oxygens (including phenoxy) is 2. The zero-order chi connectivity index (χ0) is 15.7. The van der Waals surface area contributed by atoms with Crippen LogP contribution in [0.3, 0.4) is 0 Å². The standard InChI is InChI=1S/C16H24BrNO3/c1-4-11-21-16(3,5-2)15(19)18-13-6-8-14(9-7-13)20-12-10-17/h6-9H,4-5,10-12H2,1-3H3,(H,18,19)/t16-/m1/s1. The molecule has 4 nitrogen and oxygen atoms in total. The summed E-state index contributed by atoms with van der Waals surface area (Å²) in [7, 11) is 0. The van der Waals surface area contributed by atoms with Gasteiger partial charge < -0.3 is 14.8 Å². The predicted octanol–water partition coefficient (Wildman–Crippen LogP) is 3.99. The van der Waals surface area contributed by atoms with E-state index < -0.39 is 5.60 Å². The van der Waals surface area contributed by atoms with Gasteiger partial charge in [0.15, 0.2) is 0 Å². The van der Waals surface area contributed by atoms with Gasteiger partial charge in [0.2, 0.25) is 0 Å². The van der Waals surface area contributed by atoms with Crippen LogP contribution in [0.4, 0.5) is 5.69 Å². The number of benzene rings is 1. The minimum atomic E-state index is -0.791. The summed E-state index contributed by atoms with van der Waals surface area (Å²) in [6.07, 6.45) is 1.52. The molecule has 0 heterocycles. The Morgan fingerprint density at radius 2 is 1.90 bits per heavy atom. The van der Waals surface area contributed by atoms with Crippen LogP contribution >= 0.6 is 15.9 Å². The summed E-state index contributed by atoms with van der Waals surface area (Å²) >= 11 is 3.31. The van der Waals surface area contributed by atoms with Crippen LogP contribution in [0.15, 0.2) is 24.3 Å². The SMILES string of the molecule is CCCO[C@](C)(CC)C(=O)Nc1ccc(OCCBr)cc1. The van der Waals surface area contributed by atoms with Crippen molar-refractivity contribution in [2.24, 2.45) is 0 Å². The van der Waals surface area contributed by atoms with Crippen LogP contribution in [0.1, 0.15) is 33.6 Å². The number of anilines is 1. The van der Waals surface area contributed by atoms with Gasteiger partial charge in [-0.3, -0.25) is 4.79 Å². The second kappa shape index (κ2) is 9.05. The van der Waals surface area contributed by atoms with E-state index in [0.717, 1.165) is 23.2 Å². The molecule has 0 radical (unpaired) electrons. The summed E-state index contributed by atoms with van der Waals surface area (Å²) in [5.74, 6) is 0.667. The molecular formula is C16H24BrNO3. The molecule has 0 unspecified atom stereocenters. The van der Waals surface area contributed by atoms with Crippen molar-refractivity contribution in [2.45, 2.75) is 39.2 Å². The minimum absolute atomic E-state index is 0.118. The fourth-order valence-electron chi connectivity index (χ4n) is 1.71. The van der Waals surface area contributed by atoms with Crippen molar-refractivity contribution in [3.8, 4) is 5.75 Å². The number of hydrogen-bond acceptors (Lipinski definition) is 3. The number of alkyl halides is 1.